The molecular formula is C9H13N3O3. The Morgan fingerprint density at radius 1 is 1.93 bits per heavy atom. The third-order valence-corrected chi connectivity index (χ3v) is 2.20. The van der Waals surface area contributed by atoms with Gasteiger partial charge in [-0.05, 0) is 6.92 Å². The second-order valence-corrected chi connectivity index (χ2v) is 3.25. The van der Waals surface area contributed by atoms with E-state index in [4.69, 9.17) is 13.6 Å². The Bertz CT molecular complexity index is 446. The van der Waals surface area contributed by atoms with Gasteiger partial charge in [0, 0.05) is 11.1 Å². The Hall–Kier alpha value is -1.56. The first-order valence-electron chi connectivity index (χ1n) is 6.00. The molecule has 1 N–H and O–H groups in total. The molecule has 0 unspecified atom stereocenters. The predicted molar refractivity (Wildman–Crippen MR) is 52.7 cm³/mol. The summed E-state index contributed by atoms with van der Waals surface area (Å²) in [7, 11) is 0. The van der Waals surface area contributed by atoms with E-state index in [0.29, 0.717) is 13.0 Å². The van der Waals surface area contributed by atoms with Gasteiger partial charge < -0.3 is 14.8 Å². The summed E-state index contributed by atoms with van der Waals surface area (Å²) in [6.45, 7) is -0.160. The van der Waals surface area contributed by atoms with Crippen LogP contribution in [0.2, 0.25) is 0 Å². The highest BCUT2D eigenvalue weighted by Gasteiger charge is 2.31. The number of nitrogens with zero attached hydrogens (tertiary/aromatic N) is 2. The maximum absolute atomic E-state index is 10.5. The fourth-order valence-electron chi connectivity index (χ4n) is 1.25. The van der Waals surface area contributed by atoms with Gasteiger partial charge in [-0.2, -0.15) is 0 Å². The average Bonchev–Trinajstić information content (AvgIpc) is 2.68. The summed E-state index contributed by atoms with van der Waals surface area (Å²) >= 11 is 0. The molecule has 82 valence electrons. The molecule has 1 fully saturated rings. The molecule has 6 nitrogen and oxygen atoms in total. The molecule has 6 heteroatoms. The first-order valence-corrected chi connectivity index (χ1v) is 4.50. The van der Waals surface area contributed by atoms with E-state index in [2.05, 4.69) is 10.4 Å². The SMILES string of the molecule is [2H]C([2H])([2H])n1cc(NC=O)c(O[C@H]2CO[C@@H]2C)n1. The van der Waals surface area contributed by atoms with Crippen molar-refractivity contribution < 1.29 is 18.4 Å². The van der Waals surface area contributed by atoms with Gasteiger partial charge in [-0.25, -0.2) is 0 Å². The summed E-state index contributed by atoms with van der Waals surface area (Å²) in [6.07, 6.45) is 1.39. The number of carbonyl (C=O) groups is 1. The predicted octanol–water partition coefficient (Wildman–Crippen LogP) is 0.154. The highest BCUT2D eigenvalue weighted by atomic mass is 16.6. The normalized spacial score (nSPS) is 28.2. The largest absolute Gasteiger partial charge is 0.467 e. The maximum Gasteiger partial charge on any atom is 0.257 e. The third kappa shape index (κ3) is 1.94. The Kier molecular flexibility index (Phi) is 1.78. The molecule has 2 atom stereocenters. The average molecular weight is 214 g/mol. The number of anilines is 1. The second-order valence-electron chi connectivity index (χ2n) is 3.25. The molecule has 1 aromatic heterocycles. The number of amides is 1. The number of hydrogen-bond donors (Lipinski definition) is 1. The van der Waals surface area contributed by atoms with Crippen molar-refractivity contribution >= 4 is 12.1 Å². The zero-order chi connectivity index (χ0) is 13.3. The van der Waals surface area contributed by atoms with Crippen LogP contribution < -0.4 is 10.1 Å². The summed E-state index contributed by atoms with van der Waals surface area (Å²) in [4.78, 5) is 10.5. The molecule has 0 radical (unpaired) electrons. The van der Waals surface area contributed by atoms with E-state index in [9.17, 15) is 4.79 Å². The van der Waals surface area contributed by atoms with Gasteiger partial charge in [-0.15, -0.1) is 5.10 Å². The number of aryl methyl sites for hydroxylation is 1. The molecule has 2 rings (SSSR count). The van der Waals surface area contributed by atoms with E-state index in [1.54, 1.807) is 0 Å². The van der Waals surface area contributed by atoms with Crippen LogP contribution in [-0.4, -0.2) is 35.0 Å². The van der Waals surface area contributed by atoms with Crippen LogP contribution in [0.3, 0.4) is 0 Å². The summed E-state index contributed by atoms with van der Waals surface area (Å²) in [5.74, 6) is 0.0818. The van der Waals surface area contributed by atoms with E-state index in [1.165, 1.54) is 6.20 Å². The molecule has 0 spiro atoms. The topological polar surface area (TPSA) is 65.4 Å². The van der Waals surface area contributed by atoms with E-state index in [1.807, 2.05) is 6.92 Å². The van der Waals surface area contributed by atoms with E-state index in [-0.39, 0.29) is 23.8 Å². The van der Waals surface area contributed by atoms with E-state index >= 15 is 0 Å². The van der Waals surface area contributed by atoms with Gasteiger partial charge in [0.1, 0.15) is 11.8 Å². The maximum atomic E-state index is 10.5. The summed E-state index contributed by atoms with van der Waals surface area (Å²) in [5.41, 5.74) is 0.222. The van der Waals surface area contributed by atoms with Crippen molar-refractivity contribution in [2.45, 2.75) is 19.1 Å². The van der Waals surface area contributed by atoms with Crippen molar-refractivity contribution in [3.63, 3.8) is 0 Å². The van der Waals surface area contributed by atoms with Gasteiger partial charge >= 0.3 is 0 Å². The van der Waals surface area contributed by atoms with Crippen molar-refractivity contribution in [1.29, 1.82) is 0 Å². The van der Waals surface area contributed by atoms with Crippen LogP contribution >= 0.6 is 0 Å². The molecule has 1 aliphatic heterocycles. The van der Waals surface area contributed by atoms with Gasteiger partial charge in [-0.3, -0.25) is 9.48 Å². The minimum absolute atomic E-state index is 0.0769. The third-order valence-electron chi connectivity index (χ3n) is 2.20. The first-order chi connectivity index (χ1) is 8.41. The Morgan fingerprint density at radius 3 is 3.33 bits per heavy atom. The first kappa shape index (κ1) is 6.84. The molecule has 0 aromatic carbocycles. The molecule has 0 bridgehead atoms. The smallest absolute Gasteiger partial charge is 0.257 e. The number of rotatable bonds is 4. The Labute approximate surface area is 91.4 Å². The lowest BCUT2D eigenvalue weighted by Gasteiger charge is -2.33. The van der Waals surface area contributed by atoms with Gasteiger partial charge in [0.05, 0.1) is 18.9 Å². The van der Waals surface area contributed by atoms with Crippen LogP contribution in [0.25, 0.3) is 0 Å². The van der Waals surface area contributed by atoms with Gasteiger partial charge in [0.25, 0.3) is 5.88 Å². The van der Waals surface area contributed by atoms with E-state index in [0.717, 1.165) is 4.68 Å². The number of nitrogens with one attached hydrogen (secondary N) is 1. The van der Waals surface area contributed by atoms with E-state index < -0.39 is 6.98 Å². The molecule has 1 aromatic rings. The molecule has 1 amide bonds. The van der Waals surface area contributed by atoms with Crippen LogP contribution in [-0.2, 0) is 16.5 Å². The van der Waals surface area contributed by atoms with Crippen LogP contribution in [0.1, 0.15) is 11.0 Å². The number of hydrogen-bond acceptors (Lipinski definition) is 4. The molecular weight excluding hydrogens is 198 g/mol. The van der Waals surface area contributed by atoms with Crippen LogP contribution in [0, 0.1) is 0 Å². The zero-order valence-electron chi connectivity index (χ0n) is 11.1. The van der Waals surface area contributed by atoms with Crippen LogP contribution in [0.4, 0.5) is 5.69 Å². The number of ether oxygens (including phenoxy) is 2. The minimum atomic E-state index is -2.41. The molecule has 0 saturated carbocycles. The second kappa shape index (κ2) is 3.90. The van der Waals surface area contributed by atoms with Gasteiger partial charge in [0.2, 0.25) is 6.41 Å². The van der Waals surface area contributed by atoms with Crippen molar-refractivity contribution in [2.75, 3.05) is 11.9 Å². The summed E-state index contributed by atoms with van der Waals surface area (Å²) < 4.78 is 33.1. The zero-order valence-corrected chi connectivity index (χ0v) is 8.14. The van der Waals surface area contributed by atoms with Crippen molar-refractivity contribution in [2.24, 2.45) is 6.98 Å². The quantitative estimate of drug-likeness (QED) is 0.725. The highest BCUT2D eigenvalue weighted by Crippen LogP contribution is 2.25. The summed E-state index contributed by atoms with van der Waals surface area (Å²) in [5, 5.41) is 6.17. The lowest BCUT2D eigenvalue weighted by Crippen LogP contribution is -2.46. The van der Waals surface area contributed by atoms with Crippen molar-refractivity contribution in [1.82, 2.24) is 9.78 Å². The lowest BCUT2D eigenvalue weighted by molar-refractivity contribution is -0.140. The van der Waals surface area contributed by atoms with Gasteiger partial charge in [-0.1, -0.05) is 0 Å². The fourth-order valence-corrected chi connectivity index (χ4v) is 1.25. The number of carbonyl (C=O) groups excluding carboxylic acids is 1. The highest BCUT2D eigenvalue weighted by molar-refractivity contribution is 5.73. The monoisotopic (exact) mass is 214 g/mol. The summed E-state index contributed by atoms with van der Waals surface area (Å²) in [6, 6.07) is 0. The fraction of sp³-hybridized carbons (Fsp3) is 0.556. The van der Waals surface area contributed by atoms with Gasteiger partial charge in [0.15, 0.2) is 0 Å². The molecule has 0 aliphatic carbocycles. The number of aromatic nitrogens is 2. The Balaban J connectivity index is 2.20. The van der Waals surface area contributed by atoms with Crippen LogP contribution in [0.5, 0.6) is 5.88 Å². The van der Waals surface area contributed by atoms with Crippen molar-refractivity contribution in [3.05, 3.63) is 6.20 Å². The van der Waals surface area contributed by atoms with Crippen molar-refractivity contribution in [3.8, 4) is 5.88 Å². The Morgan fingerprint density at radius 2 is 2.80 bits per heavy atom. The molecule has 15 heavy (non-hydrogen) atoms. The molecule has 2 heterocycles. The lowest BCUT2D eigenvalue weighted by atomic mass is 10.2. The van der Waals surface area contributed by atoms with Crippen LogP contribution in [0.15, 0.2) is 6.20 Å². The standard InChI is InChI=1S/C9H13N3O3/c1-6-8(4-14-6)15-9-7(10-5-13)3-12(2)11-9/h3,5-6,8H,4H2,1-2H3,(H,10,13)/t6-,8+/m1/s1/i2D3. The molecule has 1 saturated heterocycles. The minimum Gasteiger partial charge on any atom is -0.467 e. The molecule has 1 aliphatic rings.